The topological polar surface area (TPSA) is 57.2 Å². The largest absolute Gasteiger partial charge is 0.387 e. The molecule has 1 aromatic rings. The second-order valence-electron chi connectivity index (χ2n) is 9.15. The molecule has 0 radical (unpaired) electrons. The summed E-state index contributed by atoms with van der Waals surface area (Å²) in [4.78, 5) is 23.1. The molecule has 0 aromatic heterocycles. The molecule has 4 rings (SSSR count). The molecule has 0 unspecified atom stereocenters. The molecule has 3 heterocycles. The van der Waals surface area contributed by atoms with Crippen LogP contribution >= 0.6 is 0 Å². The van der Waals surface area contributed by atoms with Crippen LogP contribution in [0.5, 0.6) is 0 Å². The van der Waals surface area contributed by atoms with Gasteiger partial charge in [0, 0.05) is 45.6 Å². The van der Waals surface area contributed by atoms with E-state index in [0.29, 0.717) is 24.6 Å². The van der Waals surface area contributed by atoms with E-state index in [9.17, 15) is 4.79 Å². The zero-order valence-corrected chi connectivity index (χ0v) is 17.8. The molecule has 1 N–H and O–H groups in total. The van der Waals surface area contributed by atoms with Crippen LogP contribution in [0.15, 0.2) is 29.4 Å². The molecule has 1 spiro atoms. The Morgan fingerprint density at radius 3 is 2.66 bits per heavy atom. The Morgan fingerprint density at radius 2 is 1.93 bits per heavy atom. The van der Waals surface area contributed by atoms with Crippen LogP contribution < -0.4 is 5.32 Å². The number of oxime groups is 1. The molecule has 3 aliphatic heterocycles. The number of benzene rings is 1. The Kier molecular flexibility index (Phi) is 6.20. The summed E-state index contributed by atoms with van der Waals surface area (Å²) in [6, 6.07) is 8.91. The van der Waals surface area contributed by atoms with Crippen LogP contribution in [-0.2, 0) is 16.2 Å². The van der Waals surface area contributed by atoms with Gasteiger partial charge in [0.15, 0.2) is 5.60 Å². The minimum Gasteiger partial charge on any atom is -0.387 e. The highest BCUT2D eigenvalue weighted by molar-refractivity contribution is 6.39. The van der Waals surface area contributed by atoms with Gasteiger partial charge in [0.1, 0.15) is 5.71 Å². The number of hydrogen-bond acceptors (Lipinski definition) is 5. The first-order valence-corrected chi connectivity index (χ1v) is 11.1. The lowest BCUT2D eigenvalue weighted by Crippen LogP contribution is -2.39. The van der Waals surface area contributed by atoms with Gasteiger partial charge >= 0.3 is 0 Å². The molecule has 1 atom stereocenters. The van der Waals surface area contributed by atoms with E-state index >= 15 is 0 Å². The van der Waals surface area contributed by atoms with Crippen molar-refractivity contribution < 1.29 is 9.63 Å². The standard InChI is InChI=1S/C23H34N4O2/c1-18(2)20-7-5-19(6-8-20)16-27-13-9-23(17-27)15-21(25-29-23)22(28)24-10-14-26-11-3-4-12-26/h5-8,18H,3-4,9-17H2,1-2H3,(H,24,28)/t23-/m0/s1. The summed E-state index contributed by atoms with van der Waals surface area (Å²) in [5.41, 5.74) is 2.93. The van der Waals surface area contributed by atoms with E-state index in [4.69, 9.17) is 4.84 Å². The lowest BCUT2D eigenvalue weighted by atomic mass is 9.96. The summed E-state index contributed by atoms with van der Waals surface area (Å²) in [6.45, 7) is 11.1. The van der Waals surface area contributed by atoms with Gasteiger partial charge in [-0.3, -0.25) is 9.69 Å². The lowest BCUT2D eigenvalue weighted by molar-refractivity contribution is -0.114. The van der Waals surface area contributed by atoms with E-state index in [-0.39, 0.29) is 11.5 Å². The third-order valence-corrected chi connectivity index (χ3v) is 6.46. The van der Waals surface area contributed by atoms with Crippen LogP contribution in [0.3, 0.4) is 0 Å². The van der Waals surface area contributed by atoms with E-state index in [1.165, 1.54) is 24.0 Å². The Labute approximate surface area is 174 Å². The second kappa shape index (κ2) is 8.84. The zero-order chi connectivity index (χ0) is 20.3. The van der Waals surface area contributed by atoms with Crippen LogP contribution in [0.4, 0.5) is 0 Å². The molecule has 158 valence electrons. The predicted octanol–water partition coefficient (Wildman–Crippen LogP) is 2.74. The van der Waals surface area contributed by atoms with Crippen LogP contribution in [0.25, 0.3) is 0 Å². The first kappa shape index (κ1) is 20.4. The smallest absolute Gasteiger partial charge is 0.269 e. The fourth-order valence-corrected chi connectivity index (χ4v) is 4.63. The summed E-state index contributed by atoms with van der Waals surface area (Å²) in [5, 5.41) is 7.18. The summed E-state index contributed by atoms with van der Waals surface area (Å²) >= 11 is 0. The predicted molar refractivity (Wildman–Crippen MR) is 115 cm³/mol. The normalized spacial score (nSPS) is 25.0. The van der Waals surface area contributed by atoms with E-state index in [2.05, 4.69) is 58.4 Å². The minimum absolute atomic E-state index is 0.0659. The maximum absolute atomic E-state index is 12.5. The van der Waals surface area contributed by atoms with Crippen LogP contribution in [0, 0.1) is 0 Å². The molecule has 6 heteroatoms. The monoisotopic (exact) mass is 398 g/mol. The Morgan fingerprint density at radius 1 is 1.17 bits per heavy atom. The van der Waals surface area contributed by atoms with Crippen molar-refractivity contribution in [1.82, 2.24) is 15.1 Å². The summed E-state index contributed by atoms with van der Waals surface area (Å²) in [7, 11) is 0. The van der Waals surface area contributed by atoms with E-state index in [1.54, 1.807) is 0 Å². The Hall–Kier alpha value is -1.92. The van der Waals surface area contributed by atoms with Gasteiger partial charge in [0.25, 0.3) is 5.91 Å². The van der Waals surface area contributed by atoms with Crippen molar-refractivity contribution in [3.8, 4) is 0 Å². The van der Waals surface area contributed by atoms with Gasteiger partial charge in [-0.2, -0.15) is 0 Å². The number of rotatable bonds is 7. The van der Waals surface area contributed by atoms with Gasteiger partial charge in [-0.05, 0) is 43.0 Å². The molecule has 0 bridgehead atoms. The van der Waals surface area contributed by atoms with Crippen molar-refractivity contribution >= 4 is 11.6 Å². The van der Waals surface area contributed by atoms with Crippen molar-refractivity contribution in [2.24, 2.45) is 5.16 Å². The maximum Gasteiger partial charge on any atom is 0.269 e. The lowest BCUT2D eigenvalue weighted by Gasteiger charge is -2.22. The number of nitrogens with one attached hydrogen (secondary N) is 1. The minimum atomic E-state index is -0.320. The number of amides is 1. The van der Waals surface area contributed by atoms with Crippen LogP contribution in [0.1, 0.15) is 56.6 Å². The van der Waals surface area contributed by atoms with Crippen molar-refractivity contribution in [1.29, 1.82) is 0 Å². The quantitative estimate of drug-likeness (QED) is 0.767. The molecule has 29 heavy (non-hydrogen) atoms. The highest BCUT2D eigenvalue weighted by Gasteiger charge is 2.46. The van der Waals surface area contributed by atoms with E-state index in [1.807, 2.05) is 0 Å². The molecule has 0 aliphatic carbocycles. The van der Waals surface area contributed by atoms with Crippen molar-refractivity contribution in [2.45, 2.75) is 57.6 Å². The highest BCUT2D eigenvalue weighted by Crippen LogP contribution is 2.34. The molecule has 3 aliphatic rings. The number of nitrogens with zero attached hydrogens (tertiary/aromatic N) is 3. The van der Waals surface area contributed by atoms with Gasteiger partial charge in [-0.1, -0.05) is 43.3 Å². The van der Waals surface area contributed by atoms with E-state index in [0.717, 1.165) is 45.7 Å². The van der Waals surface area contributed by atoms with Crippen molar-refractivity contribution in [3.05, 3.63) is 35.4 Å². The van der Waals surface area contributed by atoms with Crippen LogP contribution in [0.2, 0.25) is 0 Å². The number of carbonyl (C=O) groups excluding carboxylic acids is 1. The molecule has 6 nitrogen and oxygen atoms in total. The third kappa shape index (κ3) is 4.98. The maximum atomic E-state index is 12.5. The van der Waals surface area contributed by atoms with Gasteiger partial charge in [-0.15, -0.1) is 0 Å². The first-order chi connectivity index (χ1) is 14.0. The zero-order valence-electron chi connectivity index (χ0n) is 17.8. The Bertz CT molecular complexity index is 740. The molecule has 2 fully saturated rings. The summed E-state index contributed by atoms with van der Waals surface area (Å²) in [5.74, 6) is 0.492. The average molecular weight is 399 g/mol. The van der Waals surface area contributed by atoms with Gasteiger partial charge in [0.05, 0.1) is 0 Å². The number of likely N-dealkylation sites (tertiary alicyclic amines) is 2. The second-order valence-corrected chi connectivity index (χ2v) is 9.15. The molecule has 1 amide bonds. The summed E-state index contributed by atoms with van der Waals surface area (Å²) in [6.07, 6.45) is 4.08. The summed E-state index contributed by atoms with van der Waals surface area (Å²) < 4.78 is 0. The molecular formula is C23H34N4O2. The fourth-order valence-electron chi connectivity index (χ4n) is 4.63. The fraction of sp³-hybridized carbons (Fsp3) is 0.652. The average Bonchev–Trinajstić information content (AvgIpc) is 3.45. The van der Waals surface area contributed by atoms with Gasteiger partial charge < -0.3 is 15.1 Å². The third-order valence-electron chi connectivity index (χ3n) is 6.46. The Balaban J connectivity index is 1.23. The van der Waals surface area contributed by atoms with Crippen molar-refractivity contribution in [2.75, 3.05) is 39.3 Å². The first-order valence-electron chi connectivity index (χ1n) is 11.1. The number of hydrogen-bond donors (Lipinski definition) is 1. The van der Waals surface area contributed by atoms with Gasteiger partial charge in [-0.25, -0.2) is 0 Å². The number of carbonyl (C=O) groups is 1. The van der Waals surface area contributed by atoms with E-state index < -0.39 is 0 Å². The SMILES string of the molecule is CC(C)c1ccc(CN2CC[C@]3(CC(C(=O)NCCN4CCCC4)=NO3)C2)cc1. The van der Waals surface area contributed by atoms with Crippen molar-refractivity contribution in [3.63, 3.8) is 0 Å². The van der Waals surface area contributed by atoms with Gasteiger partial charge in [0.2, 0.25) is 0 Å². The molecule has 0 saturated carbocycles. The molecular weight excluding hydrogens is 364 g/mol. The van der Waals surface area contributed by atoms with Crippen LogP contribution in [-0.4, -0.2) is 66.3 Å². The molecule has 2 saturated heterocycles. The highest BCUT2D eigenvalue weighted by atomic mass is 16.7. The molecule has 1 aromatic carbocycles.